The van der Waals surface area contributed by atoms with Gasteiger partial charge in [-0.05, 0) is 38.0 Å². The van der Waals surface area contributed by atoms with Gasteiger partial charge in [-0.2, -0.15) is 10.2 Å². The van der Waals surface area contributed by atoms with Crippen LogP contribution in [-0.4, -0.2) is 46.2 Å². The zero-order valence-corrected chi connectivity index (χ0v) is 18.9. The number of fused-ring (bicyclic) bond motifs is 2. The minimum absolute atomic E-state index is 0.185. The maximum absolute atomic E-state index is 12.9. The number of aryl methyl sites for hydroxylation is 2. The number of hydrogen-bond acceptors (Lipinski definition) is 7. The Morgan fingerprint density at radius 2 is 1.91 bits per heavy atom. The van der Waals surface area contributed by atoms with Crippen molar-refractivity contribution in [2.45, 2.75) is 26.7 Å². The topological polar surface area (TPSA) is 166 Å². The maximum atomic E-state index is 12.9. The Hall–Kier alpha value is -4.87. The number of H-pyrrole nitrogens is 1. The Morgan fingerprint density at radius 1 is 1.11 bits per heavy atom. The molecule has 5 aromatic rings. The van der Waals surface area contributed by atoms with Crippen molar-refractivity contribution in [3.8, 4) is 5.69 Å². The summed E-state index contributed by atoms with van der Waals surface area (Å²) < 4.78 is 3.08. The molecule has 4 heterocycles. The molecule has 5 rings (SSSR count). The van der Waals surface area contributed by atoms with E-state index in [1.165, 1.54) is 23.4 Å². The minimum atomic E-state index is -0.595. The van der Waals surface area contributed by atoms with Gasteiger partial charge in [0.1, 0.15) is 10.9 Å². The molecule has 12 heteroatoms. The van der Waals surface area contributed by atoms with Crippen molar-refractivity contribution in [1.82, 2.24) is 34.3 Å². The highest BCUT2D eigenvalue weighted by Gasteiger charge is 2.18. The van der Waals surface area contributed by atoms with E-state index in [1.54, 1.807) is 22.7 Å². The van der Waals surface area contributed by atoms with E-state index >= 15 is 0 Å². The van der Waals surface area contributed by atoms with Gasteiger partial charge in [0.25, 0.3) is 11.5 Å². The summed E-state index contributed by atoms with van der Waals surface area (Å²) in [5, 5.41) is 11.8. The van der Waals surface area contributed by atoms with Gasteiger partial charge in [0.15, 0.2) is 11.3 Å². The van der Waals surface area contributed by atoms with Gasteiger partial charge in [-0.25, -0.2) is 19.2 Å². The van der Waals surface area contributed by atoms with Crippen LogP contribution in [0.1, 0.15) is 33.7 Å². The van der Waals surface area contributed by atoms with Gasteiger partial charge in [0.2, 0.25) is 5.91 Å². The van der Waals surface area contributed by atoms with Crippen molar-refractivity contribution < 1.29 is 9.59 Å². The van der Waals surface area contributed by atoms with Crippen molar-refractivity contribution in [2.75, 3.05) is 5.32 Å². The first-order valence-corrected chi connectivity index (χ1v) is 10.8. The molecule has 0 aliphatic carbocycles. The van der Waals surface area contributed by atoms with Crippen LogP contribution in [0.5, 0.6) is 0 Å². The summed E-state index contributed by atoms with van der Waals surface area (Å²) in [6.45, 7) is 3.68. The molecular weight excluding hydrogens is 450 g/mol. The van der Waals surface area contributed by atoms with E-state index in [9.17, 15) is 14.4 Å². The summed E-state index contributed by atoms with van der Waals surface area (Å²) in [5.41, 5.74) is 9.61. The monoisotopic (exact) mass is 471 g/mol. The van der Waals surface area contributed by atoms with E-state index in [-0.39, 0.29) is 23.5 Å². The number of amides is 2. The van der Waals surface area contributed by atoms with Gasteiger partial charge < -0.3 is 16.0 Å². The van der Waals surface area contributed by atoms with Gasteiger partial charge in [0.05, 0.1) is 30.1 Å². The molecule has 0 saturated carbocycles. The molecule has 4 N–H and O–H groups in total. The zero-order valence-electron chi connectivity index (χ0n) is 18.9. The van der Waals surface area contributed by atoms with E-state index in [2.05, 4.69) is 30.5 Å². The molecule has 0 fully saturated rings. The normalized spacial score (nSPS) is 11.3. The van der Waals surface area contributed by atoms with E-state index in [0.717, 1.165) is 11.3 Å². The molecule has 0 aliphatic rings. The van der Waals surface area contributed by atoms with Gasteiger partial charge in [0, 0.05) is 17.8 Å². The largest absolute Gasteiger partial charge is 0.365 e. The second-order valence-corrected chi connectivity index (χ2v) is 8.01. The van der Waals surface area contributed by atoms with E-state index in [0.29, 0.717) is 40.2 Å². The second-order valence-electron chi connectivity index (χ2n) is 8.01. The van der Waals surface area contributed by atoms with Crippen molar-refractivity contribution in [3.05, 3.63) is 75.9 Å². The van der Waals surface area contributed by atoms with Gasteiger partial charge in [-0.3, -0.25) is 14.4 Å². The lowest BCUT2D eigenvalue weighted by atomic mass is 10.1. The van der Waals surface area contributed by atoms with Crippen molar-refractivity contribution >= 4 is 34.2 Å². The molecule has 0 unspecified atom stereocenters. The third kappa shape index (κ3) is 3.80. The fourth-order valence-corrected chi connectivity index (χ4v) is 4.09. The van der Waals surface area contributed by atoms with Crippen molar-refractivity contribution in [1.29, 1.82) is 0 Å². The van der Waals surface area contributed by atoms with Crippen LogP contribution in [-0.2, 0) is 11.2 Å². The van der Waals surface area contributed by atoms with Gasteiger partial charge >= 0.3 is 0 Å². The van der Waals surface area contributed by atoms with E-state index in [1.807, 2.05) is 19.9 Å². The highest BCUT2D eigenvalue weighted by atomic mass is 16.2. The summed E-state index contributed by atoms with van der Waals surface area (Å²) in [6, 6.07) is 7.15. The first kappa shape index (κ1) is 21.9. The lowest BCUT2D eigenvalue weighted by Gasteiger charge is -2.13. The van der Waals surface area contributed by atoms with E-state index in [4.69, 9.17) is 5.73 Å². The fraction of sp³-hybridized carbons (Fsp3) is 0.174. The summed E-state index contributed by atoms with van der Waals surface area (Å²) in [6.07, 6.45) is 4.75. The molecule has 0 bridgehead atoms. The number of hydrogen-bond donors (Lipinski definition) is 3. The van der Waals surface area contributed by atoms with E-state index < -0.39 is 5.91 Å². The average Bonchev–Trinajstić information content (AvgIpc) is 3.45. The molecule has 12 nitrogen and oxygen atoms in total. The third-order valence-electron chi connectivity index (χ3n) is 5.85. The zero-order chi connectivity index (χ0) is 24.7. The lowest BCUT2D eigenvalue weighted by molar-refractivity contribution is -0.116. The Labute approximate surface area is 197 Å². The lowest BCUT2D eigenvalue weighted by Crippen LogP contribution is -2.16. The molecule has 0 atom stereocenters. The fourth-order valence-electron chi connectivity index (χ4n) is 4.09. The Morgan fingerprint density at radius 3 is 2.71 bits per heavy atom. The standard InChI is InChI=1S/C23H21N9O3/c1-12-14(13(2)31-22(29-12)15(9-27-31)20(24)34)7-8-19(33)30-17-5-3-4-6-18(17)32-21-16(10-28-32)23(35)26-11-25-21/h3-6,9-11H,7-8H2,1-2H3,(H2,24,34)(H,30,33)(H,25,26,35). The predicted molar refractivity (Wildman–Crippen MR) is 127 cm³/mol. The summed E-state index contributed by atoms with van der Waals surface area (Å²) in [5.74, 6) is -0.807. The smallest absolute Gasteiger partial charge is 0.261 e. The molecular formula is C23H21N9O3. The number of aromatic nitrogens is 7. The number of rotatable bonds is 6. The number of nitrogens with one attached hydrogen (secondary N) is 2. The van der Waals surface area contributed by atoms with Crippen LogP contribution in [0, 0.1) is 13.8 Å². The molecule has 2 amide bonds. The molecule has 0 radical (unpaired) electrons. The quantitative estimate of drug-likeness (QED) is 0.337. The number of nitrogens with zero attached hydrogens (tertiary/aromatic N) is 6. The maximum Gasteiger partial charge on any atom is 0.261 e. The number of para-hydroxylation sites is 2. The van der Waals surface area contributed by atoms with Crippen LogP contribution >= 0.6 is 0 Å². The Kier molecular flexibility index (Phi) is 5.32. The number of primary amides is 1. The highest BCUT2D eigenvalue weighted by Crippen LogP contribution is 2.23. The molecule has 0 spiro atoms. The SMILES string of the molecule is Cc1nc2c(C(N)=O)cnn2c(C)c1CCC(=O)Nc1ccccc1-n1ncc2c(=O)[nH]cnc21. The summed E-state index contributed by atoms with van der Waals surface area (Å²) in [7, 11) is 0. The number of nitrogens with two attached hydrogens (primary N) is 1. The highest BCUT2D eigenvalue weighted by molar-refractivity contribution is 5.98. The average molecular weight is 471 g/mol. The predicted octanol–water partition coefficient (Wildman–Crippen LogP) is 1.44. The van der Waals surface area contributed by atoms with Crippen LogP contribution in [0.2, 0.25) is 0 Å². The molecule has 35 heavy (non-hydrogen) atoms. The Bertz CT molecular complexity index is 1680. The number of carbonyl (C=O) groups is 2. The third-order valence-corrected chi connectivity index (χ3v) is 5.85. The van der Waals surface area contributed by atoms with Crippen molar-refractivity contribution in [2.24, 2.45) is 5.73 Å². The molecule has 176 valence electrons. The number of carbonyl (C=O) groups excluding carboxylic acids is 2. The van der Waals surface area contributed by atoms with Crippen LogP contribution in [0.3, 0.4) is 0 Å². The van der Waals surface area contributed by atoms with Gasteiger partial charge in [-0.15, -0.1) is 0 Å². The number of benzene rings is 1. The van der Waals surface area contributed by atoms with Crippen LogP contribution in [0.25, 0.3) is 22.4 Å². The number of aromatic amines is 1. The van der Waals surface area contributed by atoms with Crippen LogP contribution < -0.4 is 16.6 Å². The minimum Gasteiger partial charge on any atom is -0.365 e. The second kappa shape index (κ2) is 8.48. The first-order chi connectivity index (χ1) is 16.8. The summed E-state index contributed by atoms with van der Waals surface area (Å²) >= 11 is 0. The summed E-state index contributed by atoms with van der Waals surface area (Å²) in [4.78, 5) is 47.8. The Balaban J connectivity index is 1.39. The number of anilines is 1. The van der Waals surface area contributed by atoms with Gasteiger partial charge in [-0.1, -0.05) is 12.1 Å². The van der Waals surface area contributed by atoms with Crippen LogP contribution in [0.15, 0.2) is 47.8 Å². The molecule has 4 aromatic heterocycles. The first-order valence-electron chi connectivity index (χ1n) is 10.8. The van der Waals surface area contributed by atoms with Crippen molar-refractivity contribution in [3.63, 3.8) is 0 Å². The molecule has 0 aliphatic heterocycles. The molecule has 0 saturated heterocycles. The molecule has 1 aromatic carbocycles. The van der Waals surface area contributed by atoms with Crippen LogP contribution in [0.4, 0.5) is 5.69 Å².